The average Bonchev–Trinajstić information content (AvgIpc) is 3.24. The number of pyridine rings is 1. The van der Waals surface area contributed by atoms with Crippen LogP contribution in [0.25, 0.3) is 11.2 Å². The zero-order valence-electron chi connectivity index (χ0n) is 16.3. The summed E-state index contributed by atoms with van der Waals surface area (Å²) in [6.45, 7) is 3.86. The molecule has 0 spiro atoms. The average molecular weight is 378 g/mol. The van der Waals surface area contributed by atoms with Gasteiger partial charge in [-0.3, -0.25) is 9.48 Å². The quantitative estimate of drug-likeness (QED) is 0.700. The maximum Gasteiger partial charge on any atom is 0.244 e. The molecule has 7 nitrogen and oxygen atoms in total. The van der Waals surface area contributed by atoms with E-state index in [1.807, 2.05) is 30.2 Å². The molecule has 146 valence electrons. The third kappa shape index (κ3) is 2.99. The SMILES string of the molecule is Cc1ccnn1CC(=O)N1CCC(n2c(C3CCC3)nc3cccnc32)CC1. The van der Waals surface area contributed by atoms with E-state index in [0.717, 1.165) is 42.8 Å². The predicted molar refractivity (Wildman–Crippen MR) is 106 cm³/mol. The molecule has 0 bridgehead atoms. The van der Waals surface area contributed by atoms with Gasteiger partial charge in [0.1, 0.15) is 17.9 Å². The lowest BCUT2D eigenvalue weighted by atomic mass is 9.84. The van der Waals surface area contributed by atoms with Crippen LogP contribution < -0.4 is 0 Å². The molecule has 28 heavy (non-hydrogen) atoms. The smallest absolute Gasteiger partial charge is 0.244 e. The summed E-state index contributed by atoms with van der Waals surface area (Å²) in [5, 5.41) is 4.24. The van der Waals surface area contributed by atoms with Crippen LogP contribution in [0, 0.1) is 6.92 Å². The molecule has 2 fully saturated rings. The molecule has 5 rings (SSSR count). The van der Waals surface area contributed by atoms with Crippen molar-refractivity contribution in [3.63, 3.8) is 0 Å². The monoisotopic (exact) mass is 378 g/mol. The van der Waals surface area contributed by atoms with Gasteiger partial charge in [-0.05, 0) is 50.8 Å². The molecule has 1 saturated heterocycles. The highest BCUT2D eigenvalue weighted by Gasteiger charge is 2.31. The van der Waals surface area contributed by atoms with E-state index in [4.69, 9.17) is 4.98 Å². The van der Waals surface area contributed by atoms with Gasteiger partial charge in [-0.15, -0.1) is 0 Å². The zero-order chi connectivity index (χ0) is 19.1. The molecule has 1 saturated carbocycles. The van der Waals surface area contributed by atoms with Crippen LogP contribution in [0.15, 0.2) is 30.6 Å². The van der Waals surface area contributed by atoms with E-state index < -0.39 is 0 Å². The number of fused-ring (bicyclic) bond motifs is 1. The van der Waals surface area contributed by atoms with Gasteiger partial charge in [-0.1, -0.05) is 6.42 Å². The van der Waals surface area contributed by atoms with E-state index in [2.05, 4.69) is 20.7 Å². The standard InChI is InChI=1S/C21H26N6O/c1-15-7-11-23-26(15)14-19(28)25-12-8-17(9-13-25)27-20(16-4-2-5-16)24-18-6-3-10-22-21(18)27/h3,6-7,10-11,16-17H,2,4-5,8-9,12-14H2,1H3. The molecule has 1 aliphatic heterocycles. The Morgan fingerprint density at radius 3 is 2.64 bits per heavy atom. The van der Waals surface area contributed by atoms with Crippen molar-refractivity contribution >= 4 is 17.1 Å². The Kier molecular flexibility index (Phi) is 4.37. The normalized spacial score (nSPS) is 18.5. The molecule has 7 heteroatoms. The van der Waals surface area contributed by atoms with Crippen molar-refractivity contribution in [3.8, 4) is 0 Å². The van der Waals surface area contributed by atoms with Crippen molar-refractivity contribution in [2.45, 2.75) is 57.5 Å². The number of hydrogen-bond donors (Lipinski definition) is 0. The maximum absolute atomic E-state index is 12.7. The second-order valence-electron chi connectivity index (χ2n) is 8.06. The van der Waals surface area contributed by atoms with E-state index in [1.165, 1.54) is 25.1 Å². The molecule has 2 aliphatic rings. The summed E-state index contributed by atoms with van der Waals surface area (Å²) in [6.07, 6.45) is 9.25. The highest BCUT2D eigenvalue weighted by molar-refractivity contribution is 5.76. The molecule has 0 radical (unpaired) electrons. The molecule has 0 aromatic carbocycles. The second-order valence-corrected chi connectivity index (χ2v) is 8.06. The van der Waals surface area contributed by atoms with E-state index in [0.29, 0.717) is 18.5 Å². The first-order valence-corrected chi connectivity index (χ1v) is 10.3. The van der Waals surface area contributed by atoms with Crippen LogP contribution >= 0.6 is 0 Å². The van der Waals surface area contributed by atoms with Crippen LogP contribution in [0.5, 0.6) is 0 Å². The number of amides is 1. The fourth-order valence-corrected chi connectivity index (χ4v) is 4.43. The molecule has 4 heterocycles. The lowest BCUT2D eigenvalue weighted by Gasteiger charge is -2.35. The summed E-state index contributed by atoms with van der Waals surface area (Å²) in [7, 11) is 0. The van der Waals surface area contributed by atoms with Gasteiger partial charge < -0.3 is 9.47 Å². The van der Waals surface area contributed by atoms with Crippen molar-refractivity contribution in [1.29, 1.82) is 0 Å². The fraction of sp³-hybridized carbons (Fsp3) is 0.524. The Balaban J connectivity index is 1.33. The minimum absolute atomic E-state index is 0.151. The first-order chi connectivity index (χ1) is 13.7. The van der Waals surface area contributed by atoms with Crippen LogP contribution in [-0.4, -0.2) is 48.2 Å². The Labute approximate surface area is 164 Å². The third-order valence-electron chi connectivity index (χ3n) is 6.34. The molecule has 0 atom stereocenters. The zero-order valence-corrected chi connectivity index (χ0v) is 16.3. The number of aromatic nitrogens is 5. The largest absolute Gasteiger partial charge is 0.341 e. The summed E-state index contributed by atoms with van der Waals surface area (Å²) in [4.78, 5) is 24.2. The highest BCUT2D eigenvalue weighted by atomic mass is 16.2. The van der Waals surface area contributed by atoms with Crippen molar-refractivity contribution in [2.24, 2.45) is 0 Å². The fourth-order valence-electron chi connectivity index (χ4n) is 4.43. The topological polar surface area (TPSA) is 68.8 Å². The van der Waals surface area contributed by atoms with Crippen molar-refractivity contribution in [3.05, 3.63) is 42.1 Å². The summed E-state index contributed by atoms with van der Waals surface area (Å²) in [5.41, 5.74) is 3.02. The summed E-state index contributed by atoms with van der Waals surface area (Å²) in [5.74, 6) is 1.92. The molecular formula is C21H26N6O. The first kappa shape index (κ1) is 17.4. The minimum atomic E-state index is 0.151. The first-order valence-electron chi connectivity index (χ1n) is 10.3. The maximum atomic E-state index is 12.7. The van der Waals surface area contributed by atoms with Gasteiger partial charge in [0.05, 0.1) is 0 Å². The van der Waals surface area contributed by atoms with Crippen LogP contribution in [0.3, 0.4) is 0 Å². The molecule has 0 unspecified atom stereocenters. The van der Waals surface area contributed by atoms with Gasteiger partial charge in [0.2, 0.25) is 5.91 Å². The number of aryl methyl sites for hydroxylation is 1. The molecular weight excluding hydrogens is 352 g/mol. The minimum Gasteiger partial charge on any atom is -0.341 e. The van der Waals surface area contributed by atoms with E-state index >= 15 is 0 Å². The number of rotatable bonds is 4. The van der Waals surface area contributed by atoms with Crippen LogP contribution in [0.1, 0.15) is 55.6 Å². The van der Waals surface area contributed by atoms with Gasteiger partial charge in [0.25, 0.3) is 0 Å². The molecule has 1 aliphatic carbocycles. The van der Waals surface area contributed by atoms with Crippen LogP contribution in [0.2, 0.25) is 0 Å². The Morgan fingerprint density at radius 1 is 1.14 bits per heavy atom. The summed E-state index contributed by atoms with van der Waals surface area (Å²) >= 11 is 0. The van der Waals surface area contributed by atoms with Gasteiger partial charge >= 0.3 is 0 Å². The Morgan fingerprint density at radius 2 is 1.96 bits per heavy atom. The van der Waals surface area contributed by atoms with Gasteiger partial charge in [-0.2, -0.15) is 5.10 Å². The van der Waals surface area contributed by atoms with Gasteiger partial charge in [0, 0.05) is 43.1 Å². The van der Waals surface area contributed by atoms with E-state index in [1.54, 1.807) is 10.9 Å². The molecule has 3 aromatic rings. The van der Waals surface area contributed by atoms with Crippen molar-refractivity contribution in [1.82, 2.24) is 29.2 Å². The molecule has 3 aromatic heterocycles. The lowest BCUT2D eigenvalue weighted by molar-refractivity contribution is -0.133. The number of carbonyl (C=O) groups is 1. The second kappa shape index (κ2) is 7.04. The number of likely N-dealkylation sites (tertiary alicyclic amines) is 1. The lowest BCUT2D eigenvalue weighted by Crippen LogP contribution is -2.41. The van der Waals surface area contributed by atoms with Crippen molar-refractivity contribution in [2.75, 3.05) is 13.1 Å². The third-order valence-corrected chi connectivity index (χ3v) is 6.34. The Hall–Kier alpha value is -2.70. The number of carbonyl (C=O) groups excluding carboxylic acids is 1. The number of nitrogens with zero attached hydrogens (tertiary/aromatic N) is 6. The summed E-state index contributed by atoms with van der Waals surface area (Å²) in [6, 6.07) is 6.32. The van der Waals surface area contributed by atoms with Gasteiger partial charge in [0.15, 0.2) is 5.65 Å². The van der Waals surface area contributed by atoms with E-state index in [9.17, 15) is 4.79 Å². The summed E-state index contributed by atoms with van der Waals surface area (Å²) < 4.78 is 4.16. The molecule has 0 N–H and O–H groups in total. The van der Waals surface area contributed by atoms with Crippen LogP contribution in [0.4, 0.5) is 0 Å². The number of piperidine rings is 1. The predicted octanol–water partition coefficient (Wildman–Crippen LogP) is 3.07. The van der Waals surface area contributed by atoms with Crippen molar-refractivity contribution < 1.29 is 4.79 Å². The van der Waals surface area contributed by atoms with Gasteiger partial charge in [-0.25, -0.2) is 9.97 Å². The number of imidazole rings is 1. The highest BCUT2D eigenvalue weighted by Crippen LogP contribution is 2.39. The number of hydrogen-bond acceptors (Lipinski definition) is 4. The molecule has 1 amide bonds. The Bertz CT molecular complexity index is 993. The van der Waals surface area contributed by atoms with E-state index in [-0.39, 0.29) is 5.91 Å². The van der Waals surface area contributed by atoms with Crippen LogP contribution in [-0.2, 0) is 11.3 Å².